The highest BCUT2D eigenvalue weighted by atomic mass is 16.5. The highest BCUT2D eigenvalue weighted by Crippen LogP contribution is 1.93. The average Bonchev–Trinajstić information content (AvgIpc) is 2.91. The minimum Gasteiger partial charge on any atom is -0.476 e. The van der Waals surface area contributed by atoms with E-state index in [0.717, 1.165) is 32.5 Å². The standard InChI is InChI=1S/C5H7NO.C4H7NO.C3H6/c1-2-5-6-3-4-7-5;6-4-2-1-3-5-4;1-3-2/h2H,1,3-4H2;1-3H2,(H,5,6);3H,1H2,2H3. The fourth-order valence-corrected chi connectivity index (χ4v) is 1.04. The number of nitrogens with zero attached hydrogens (tertiary/aromatic N) is 1. The summed E-state index contributed by atoms with van der Waals surface area (Å²) in [4.78, 5) is 14.1. The fraction of sp³-hybridized carbons (Fsp3) is 0.500. The van der Waals surface area contributed by atoms with Crippen molar-refractivity contribution >= 4 is 11.8 Å². The number of carbonyl (C=O) groups is 1. The number of allylic oxidation sites excluding steroid dienone is 1. The molecule has 0 saturated carbocycles. The molecule has 0 bridgehead atoms. The maximum absolute atomic E-state index is 10.1. The Labute approximate surface area is 97.1 Å². The van der Waals surface area contributed by atoms with Crippen molar-refractivity contribution in [1.29, 1.82) is 0 Å². The molecule has 1 saturated heterocycles. The van der Waals surface area contributed by atoms with Gasteiger partial charge in [-0.2, -0.15) is 0 Å². The van der Waals surface area contributed by atoms with Gasteiger partial charge in [0.15, 0.2) is 0 Å². The molecule has 2 heterocycles. The Morgan fingerprint density at radius 1 is 1.50 bits per heavy atom. The molecule has 0 atom stereocenters. The van der Waals surface area contributed by atoms with Crippen molar-refractivity contribution in [3.63, 3.8) is 0 Å². The van der Waals surface area contributed by atoms with Gasteiger partial charge < -0.3 is 10.1 Å². The summed E-state index contributed by atoms with van der Waals surface area (Å²) < 4.78 is 4.93. The van der Waals surface area contributed by atoms with E-state index in [1.807, 2.05) is 6.92 Å². The van der Waals surface area contributed by atoms with E-state index in [1.54, 1.807) is 12.2 Å². The lowest BCUT2D eigenvalue weighted by Gasteiger charge is -1.87. The quantitative estimate of drug-likeness (QED) is 0.689. The molecule has 0 radical (unpaired) electrons. The Bertz CT molecular complexity index is 252. The number of nitrogens with one attached hydrogen (secondary N) is 1. The third-order valence-corrected chi connectivity index (χ3v) is 1.69. The van der Waals surface area contributed by atoms with E-state index in [0.29, 0.717) is 5.90 Å². The first-order valence-corrected chi connectivity index (χ1v) is 5.38. The van der Waals surface area contributed by atoms with Crippen LogP contribution in [0.25, 0.3) is 0 Å². The van der Waals surface area contributed by atoms with Crippen molar-refractivity contribution in [2.45, 2.75) is 19.8 Å². The summed E-state index contributed by atoms with van der Waals surface area (Å²) in [5, 5.41) is 2.68. The molecule has 0 spiro atoms. The molecule has 0 aromatic rings. The van der Waals surface area contributed by atoms with Crippen molar-refractivity contribution in [3.8, 4) is 0 Å². The maximum atomic E-state index is 10.1. The zero-order valence-electron chi connectivity index (χ0n) is 9.87. The van der Waals surface area contributed by atoms with Crippen LogP contribution in [-0.2, 0) is 9.53 Å². The smallest absolute Gasteiger partial charge is 0.220 e. The monoisotopic (exact) mass is 224 g/mol. The Morgan fingerprint density at radius 2 is 2.19 bits per heavy atom. The van der Waals surface area contributed by atoms with Crippen molar-refractivity contribution in [3.05, 3.63) is 25.3 Å². The number of ether oxygens (including phenoxy) is 1. The van der Waals surface area contributed by atoms with Crippen molar-refractivity contribution < 1.29 is 9.53 Å². The van der Waals surface area contributed by atoms with Crippen molar-refractivity contribution in [2.24, 2.45) is 4.99 Å². The third-order valence-electron chi connectivity index (χ3n) is 1.69. The van der Waals surface area contributed by atoms with Crippen LogP contribution in [0.4, 0.5) is 0 Å². The van der Waals surface area contributed by atoms with E-state index < -0.39 is 0 Å². The number of hydrogen-bond acceptors (Lipinski definition) is 3. The Kier molecular flexibility index (Phi) is 8.97. The molecule has 1 amide bonds. The number of carbonyl (C=O) groups excluding carboxylic acids is 1. The van der Waals surface area contributed by atoms with E-state index in [9.17, 15) is 4.79 Å². The molecular formula is C12H20N2O2. The van der Waals surface area contributed by atoms with E-state index in [1.165, 1.54) is 0 Å². The van der Waals surface area contributed by atoms with E-state index >= 15 is 0 Å². The lowest BCUT2D eigenvalue weighted by atomic mass is 10.4. The van der Waals surface area contributed by atoms with Gasteiger partial charge >= 0.3 is 0 Å². The molecule has 4 heteroatoms. The van der Waals surface area contributed by atoms with Crippen LogP contribution in [0, 0.1) is 0 Å². The van der Waals surface area contributed by atoms with Gasteiger partial charge in [0.05, 0.1) is 6.54 Å². The van der Waals surface area contributed by atoms with Gasteiger partial charge in [0.2, 0.25) is 11.8 Å². The molecule has 1 N–H and O–H groups in total. The normalized spacial score (nSPS) is 16.6. The molecule has 2 aliphatic rings. The van der Waals surface area contributed by atoms with Crippen LogP contribution in [0.1, 0.15) is 19.8 Å². The summed E-state index contributed by atoms with van der Waals surface area (Å²) in [5.74, 6) is 0.884. The van der Waals surface area contributed by atoms with E-state index in [-0.39, 0.29) is 5.91 Å². The van der Waals surface area contributed by atoms with Crippen LogP contribution in [-0.4, -0.2) is 31.5 Å². The minimum absolute atomic E-state index is 0.204. The Balaban J connectivity index is 0.000000230. The molecule has 0 aromatic carbocycles. The Morgan fingerprint density at radius 3 is 2.38 bits per heavy atom. The molecule has 0 unspecified atom stereocenters. The highest BCUT2D eigenvalue weighted by molar-refractivity contribution is 5.87. The maximum Gasteiger partial charge on any atom is 0.220 e. The van der Waals surface area contributed by atoms with Gasteiger partial charge in [-0.05, 0) is 19.4 Å². The predicted molar refractivity (Wildman–Crippen MR) is 66.6 cm³/mol. The van der Waals surface area contributed by atoms with Crippen LogP contribution < -0.4 is 5.32 Å². The number of hydrogen-bond donors (Lipinski definition) is 1. The van der Waals surface area contributed by atoms with Crippen molar-refractivity contribution in [1.82, 2.24) is 5.32 Å². The predicted octanol–water partition coefficient (Wildman–Crippen LogP) is 1.69. The van der Waals surface area contributed by atoms with E-state index in [2.05, 4.69) is 23.5 Å². The molecule has 2 aliphatic heterocycles. The van der Waals surface area contributed by atoms with Crippen LogP contribution >= 0.6 is 0 Å². The van der Waals surface area contributed by atoms with Gasteiger partial charge in [0.25, 0.3) is 0 Å². The summed E-state index contributed by atoms with van der Waals surface area (Å²) in [7, 11) is 0. The molecule has 4 nitrogen and oxygen atoms in total. The van der Waals surface area contributed by atoms with Crippen LogP contribution in [0.5, 0.6) is 0 Å². The zero-order valence-corrected chi connectivity index (χ0v) is 9.87. The molecule has 16 heavy (non-hydrogen) atoms. The summed E-state index contributed by atoms with van der Waals surface area (Å²) in [6, 6.07) is 0. The lowest BCUT2D eigenvalue weighted by molar-refractivity contribution is -0.119. The second-order valence-corrected chi connectivity index (χ2v) is 3.13. The summed E-state index contributed by atoms with van der Waals surface area (Å²) in [6.45, 7) is 11.1. The largest absolute Gasteiger partial charge is 0.476 e. The lowest BCUT2D eigenvalue weighted by Crippen LogP contribution is -2.12. The summed E-state index contributed by atoms with van der Waals surface area (Å²) in [6.07, 6.45) is 5.13. The molecule has 0 aromatic heterocycles. The summed E-state index contributed by atoms with van der Waals surface area (Å²) >= 11 is 0. The molecule has 2 rings (SSSR count). The number of amides is 1. The molecular weight excluding hydrogens is 204 g/mol. The zero-order chi connectivity index (χ0) is 12.2. The van der Waals surface area contributed by atoms with Crippen LogP contribution in [0.15, 0.2) is 30.3 Å². The molecule has 0 aliphatic carbocycles. The topological polar surface area (TPSA) is 50.7 Å². The van der Waals surface area contributed by atoms with Gasteiger partial charge in [-0.15, -0.1) is 6.58 Å². The van der Waals surface area contributed by atoms with Gasteiger partial charge in [-0.25, -0.2) is 4.99 Å². The summed E-state index contributed by atoms with van der Waals surface area (Å²) in [5.41, 5.74) is 0. The first-order valence-electron chi connectivity index (χ1n) is 5.38. The molecule has 90 valence electrons. The second kappa shape index (κ2) is 9.96. The highest BCUT2D eigenvalue weighted by Gasteiger charge is 2.05. The van der Waals surface area contributed by atoms with Gasteiger partial charge in [0.1, 0.15) is 6.61 Å². The minimum atomic E-state index is 0.204. The van der Waals surface area contributed by atoms with Crippen molar-refractivity contribution in [2.75, 3.05) is 19.7 Å². The molecule has 1 fully saturated rings. The SMILES string of the molecule is C=CC.C=CC1=NCCO1.O=C1CCCN1. The Hall–Kier alpha value is -1.58. The first kappa shape index (κ1) is 14.4. The fourth-order valence-electron chi connectivity index (χ4n) is 1.04. The van der Waals surface area contributed by atoms with Gasteiger partial charge in [0, 0.05) is 13.0 Å². The van der Waals surface area contributed by atoms with Gasteiger partial charge in [-0.3, -0.25) is 4.79 Å². The van der Waals surface area contributed by atoms with Crippen LogP contribution in [0.2, 0.25) is 0 Å². The van der Waals surface area contributed by atoms with Gasteiger partial charge in [-0.1, -0.05) is 12.7 Å². The number of aliphatic imine (C=N–C) groups is 1. The first-order chi connectivity index (χ1) is 7.74. The third kappa shape index (κ3) is 7.79. The second-order valence-electron chi connectivity index (χ2n) is 3.13. The number of rotatable bonds is 1. The van der Waals surface area contributed by atoms with Crippen LogP contribution in [0.3, 0.4) is 0 Å². The van der Waals surface area contributed by atoms with E-state index in [4.69, 9.17) is 4.74 Å². The average molecular weight is 224 g/mol.